The number of benzene rings is 2. The molecule has 2 rings (SSSR count). The summed E-state index contributed by atoms with van der Waals surface area (Å²) in [5.41, 5.74) is 11.2. The molecule has 0 bridgehead atoms. The second kappa shape index (κ2) is 5.78. The normalized spacial score (nSPS) is 10.4. The molecule has 0 heterocycles. The third-order valence-electron chi connectivity index (χ3n) is 3.36. The van der Waals surface area contributed by atoms with Crippen molar-refractivity contribution in [2.45, 2.75) is 13.3 Å². The van der Waals surface area contributed by atoms with E-state index in [1.807, 2.05) is 36.0 Å². The van der Waals surface area contributed by atoms with Crippen molar-refractivity contribution >= 4 is 28.3 Å². The molecule has 0 unspecified atom stereocenters. The Morgan fingerprint density at radius 3 is 2.24 bits per heavy atom. The minimum absolute atomic E-state index is 0.0150. The zero-order valence-electron chi connectivity index (χ0n) is 11.6. The summed E-state index contributed by atoms with van der Waals surface area (Å²) in [4.78, 5) is 24.0. The van der Waals surface area contributed by atoms with Crippen molar-refractivity contribution in [1.82, 2.24) is 10.9 Å². The summed E-state index contributed by atoms with van der Waals surface area (Å²) >= 11 is 0. The molecule has 0 aromatic heterocycles. The van der Waals surface area contributed by atoms with E-state index in [0.29, 0.717) is 5.39 Å². The highest BCUT2D eigenvalue weighted by molar-refractivity contribution is 6.18. The van der Waals surface area contributed by atoms with Gasteiger partial charge in [-0.1, -0.05) is 25.1 Å². The molecule has 21 heavy (non-hydrogen) atoms. The van der Waals surface area contributed by atoms with Gasteiger partial charge in [-0.3, -0.25) is 20.4 Å². The summed E-state index contributed by atoms with van der Waals surface area (Å²) in [7, 11) is 0. The van der Waals surface area contributed by atoms with Gasteiger partial charge in [-0.25, -0.2) is 11.7 Å². The number of fused-ring (bicyclic) bond motifs is 1. The smallest absolute Gasteiger partial charge is 0.268 e. The molecule has 0 saturated heterocycles. The van der Waals surface area contributed by atoms with Crippen molar-refractivity contribution < 1.29 is 9.59 Å². The maximum Gasteiger partial charge on any atom is 0.268 e. The SMILES string of the molecule is CCc1ccc2cc(N)c(C(=O)NN)c(C(=O)NN)c2c1. The van der Waals surface area contributed by atoms with E-state index in [-0.39, 0.29) is 16.8 Å². The Bertz CT molecular complexity index is 727. The Hall–Kier alpha value is -2.64. The van der Waals surface area contributed by atoms with Crippen LogP contribution in [0.2, 0.25) is 0 Å². The summed E-state index contributed by atoms with van der Waals surface area (Å²) < 4.78 is 0. The van der Waals surface area contributed by atoms with Crippen molar-refractivity contribution in [3.8, 4) is 0 Å². The highest BCUT2D eigenvalue weighted by Crippen LogP contribution is 2.29. The maximum atomic E-state index is 12.1. The second-order valence-electron chi connectivity index (χ2n) is 4.57. The van der Waals surface area contributed by atoms with E-state index >= 15 is 0 Å². The summed E-state index contributed by atoms with van der Waals surface area (Å²) in [6.45, 7) is 1.99. The number of hydrogen-bond acceptors (Lipinski definition) is 5. The number of aryl methyl sites for hydroxylation is 1. The largest absolute Gasteiger partial charge is 0.398 e. The number of nitrogens with two attached hydrogens (primary N) is 3. The molecule has 0 aliphatic heterocycles. The average Bonchev–Trinajstić information content (AvgIpc) is 2.51. The topological polar surface area (TPSA) is 136 Å². The highest BCUT2D eigenvalue weighted by atomic mass is 16.2. The molecule has 2 amide bonds. The summed E-state index contributed by atoms with van der Waals surface area (Å²) in [6, 6.07) is 7.26. The minimum atomic E-state index is -0.644. The molecule has 8 N–H and O–H groups in total. The van der Waals surface area contributed by atoms with Gasteiger partial charge in [0.15, 0.2) is 0 Å². The van der Waals surface area contributed by atoms with E-state index in [1.165, 1.54) is 0 Å². The molecule has 0 radical (unpaired) electrons. The van der Waals surface area contributed by atoms with Crippen molar-refractivity contribution in [2.24, 2.45) is 11.7 Å². The van der Waals surface area contributed by atoms with Gasteiger partial charge in [0.05, 0.1) is 11.1 Å². The molecule has 0 aliphatic rings. The molecule has 7 nitrogen and oxygen atoms in total. The number of rotatable bonds is 3. The van der Waals surface area contributed by atoms with Gasteiger partial charge in [-0.15, -0.1) is 0 Å². The fraction of sp³-hybridized carbons (Fsp3) is 0.143. The molecule has 0 aliphatic carbocycles. The van der Waals surface area contributed by atoms with Crippen LogP contribution in [0.4, 0.5) is 5.69 Å². The number of hydrazine groups is 2. The van der Waals surface area contributed by atoms with Gasteiger partial charge in [0, 0.05) is 5.69 Å². The molecule has 0 atom stereocenters. The summed E-state index contributed by atoms with van der Waals surface area (Å²) in [5, 5.41) is 1.35. The van der Waals surface area contributed by atoms with Crippen LogP contribution in [0.3, 0.4) is 0 Å². The Labute approximate surface area is 121 Å². The van der Waals surface area contributed by atoms with Crippen molar-refractivity contribution in [3.05, 3.63) is 41.0 Å². The van der Waals surface area contributed by atoms with Gasteiger partial charge in [0.1, 0.15) is 0 Å². The van der Waals surface area contributed by atoms with Crippen LogP contribution in [0.1, 0.15) is 33.2 Å². The lowest BCUT2D eigenvalue weighted by Gasteiger charge is -2.14. The van der Waals surface area contributed by atoms with E-state index < -0.39 is 11.8 Å². The number of amides is 2. The van der Waals surface area contributed by atoms with E-state index in [1.54, 1.807) is 6.07 Å². The van der Waals surface area contributed by atoms with Crippen LogP contribution in [0.25, 0.3) is 10.8 Å². The van der Waals surface area contributed by atoms with Gasteiger partial charge in [0.2, 0.25) is 0 Å². The van der Waals surface area contributed by atoms with Crippen molar-refractivity contribution in [1.29, 1.82) is 0 Å². The number of anilines is 1. The zero-order valence-corrected chi connectivity index (χ0v) is 11.6. The molecule has 7 heteroatoms. The van der Waals surface area contributed by atoms with Gasteiger partial charge >= 0.3 is 0 Å². The lowest BCUT2D eigenvalue weighted by Crippen LogP contribution is -2.36. The third kappa shape index (κ3) is 2.51. The summed E-state index contributed by atoms with van der Waals surface area (Å²) in [6.07, 6.45) is 0.794. The summed E-state index contributed by atoms with van der Waals surface area (Å²) in [5.74, 6) is 9.15. The van der Waals surface area contributed by atoms with E-state index in [2.05, 4.69) is 0 Å². The molecular formula is C14H17N5O2. The first kappa shape index (κ1) is 14.8. The Morgan fingerprint density at radius 2 is 1.67 bits per heavy atom. The maximum absolute atomic E-state index is 12.1. The minimum Gasteiger partial charge on any atom is -0.398 e. The lowest BCUT2D eigenvalue weighted by molar-refractivity contribution is 0.0921. The molecule has 0 saturated carbocycles. The highest BCUT2D eigenvalue weighted by Gasteiger charge is 2.22. The molecule has 2 aromatic rings. The van der Waals surface area contributed by atoms with Crippen LogP contribution in [0, 0.1) is 0 Å². The second-order valence-corrected chi connectivity index (χ2v) is 4.57. The van der Waals surface area contributed by atoms with Crippen LogP contribution in [-0.2, 0) is 6.42 Å². The van der Waals surface area contributed by atoms with Crippen molar-refractivity contribution in [2.75, 3.05) is 5.73 Å². The van der Waals surface area contributed by atoms with Crippen LogP contribution in [0.5, 0.6) is 0 Å². The first-order chi connectivity index (χ1) is 10.0. The Balaban J connectivity index is 2.91. The van der Waals surface area contributed by atoms with Gasteiger partial charge in [-0.2, -0.15) is 0 Å². The molecular weight excluding hydrogens is 270 g/mol. The number of hydrogen-bond donors (Lipinski definition) is 5. The third-order valence-corrected chi connectivity index (χ3v) is 3.36. The molecule has 2 aromatic carbocycles. The lowest BCUT2D eigenvalue weighted by atomic mass is 9.94. The van der Waals surface area contributed by atoms with E-state index in [0.717, 1.165) is 17.4 Å². The van der Waals surface area contributed by atoms with Crippen LogP contribution in [0.15, 0.2) is 24.3 Å². The van der Waals surface area contributed by atoms with Crippen LogP contribution >= 0.6 is 0 Å². The van der Waals surface area contributed by atoms with Crippen molar-refractivity contribution in [3.63, 3.8) is 0 Å². The zero-order chi connectivity index (χ0) is 15.6. The fourth-order valence-electron chi connectivity index (χ4n) is 2.31. The molecule has 110 valence electrons. The quantitative estimate of drug-likeness (QED) is 0.237. The first-order valence-corrected chi connectivity index (χ1v) is 6.40. The average molecular weight is 287 g/mol. The van der Waals surface area contributed by atoms with E-state index in [9.17, 15) is 9.59 Å². The fourth-order valence-corrected chi connectivity index (χ4v) is 2.31. The number of nitrogen functional groups attached to an aromatic ring is 3. The van der Waals surface area contributed by atoms with Gasteiger partial charge in [0.25, 0.3) is 11.8 Å². The standard InChI is InChI=1S/C14H17N5O2/c1-2-7-3-4-8-6-10(15)12(14(21)19-17)11(9(8)5-7)13(20)18-16/h3-6H,2,15-17H2,1H3,(H,18,20)(H,19,21). The van der Waals surface area contributed by atoms with Crippen LogP contribution < -0.4 is 28.3 Å². The molecule has 0 fully saturated rings. The number of nitrogens with one attached hydrogen (secondary N) is 2. The number of carbonyl (C=O) groups excluding carboxylic acids is 2. The Kier molecular flexibility index (Phi) is 4.06. The predicted molar refractivity (Wildman–Crippen MR) is 81.0 cm³/mol. The molecule has 0 spiro atoms. The monoisotopic (exact) mass is 287 g/mol. The first-order valence-electron chi connectivity index (χ1n) is 6.40. The van der Waals surface area contributed by atoms with Gasteiger partial charge in [-0.05, 0) is 28.8 Å². The van der Waals surface area contributed by atoms with Crippen LogP contribution in [-0.4, -0.2) is 11.8 Å². The van der Waals surface area contributed by atoms with Gasteiger partial charge < -0.3 is 5.73 Å². The van der Waals surface area contributed by atoms with E-state index in [4.69, 9.17) is 17.4 Å². The Morgan fingerprint density at radius 1 is 1.05 bits per heavy atom. The number of carbonyl (C=O) groups is 2. The predicted octanol–water partition coefficient (Wildman–Crippen LogP) is 0.191.